The van der Waals surface area contributed by atoms with Crippen LogP contribution in [0.5, 0.6) is 0 Å². The maximum absolute atomic E-state index is 15.8. The van der Waals surface area contributed by atoms with E-state index in [-0.39, 0.29) is 5.97 Å². The number of benzene rings is 1. The smallest absolute Gasteiger partial charge is 0.309 e. The summed E-state index contributed by atoms with van der Waals surface area (Å²) in [5.74, 6) is -1.41. The molecular formula is C21H29FO2. The van der Waals surface area contributed by atoms with Crippen LogP contribution >= 0.6 is 0 Å². The van der Waals surface area contributed by atoms with Crippen molar-refractivity contribution in [2.45, 2.75) is 53.6 Å². The topological polar surface area (TPSA) is 26.3 Å². The lowest BCUT2D eigenvalue weighted by Crippen LogP contribution is -2.55. The molecule has 2 nitrogen and oxygen atoms in total. The number of methoxy groups -OCH3 is 1. The van der Waals surface area contributed by atoms with E-state index in [0.29, 0.717) is 0 Å². The van der Waals surface area contributed by atoms with Crippen LogP contribution in [0.1, 0.15) is 53.0 Å². The van der Waals surface area contributed by atoms with Crippen molar-refractivity contribution in [3.05, 3.63) is 47.0 Å². The molecule has 2 rings (SSSR count). The molecule has 1 aromatic rings. The molecule has 0 spiro atoms. The molecule has 0 N–H and O–H groups in total. The van der Waals surface area contributed by atoms with E-state index in [0.717, 1.165) is 16.7 Å². The lowest BCUT2D eigenvalue weighted by molar-refractivity contribution is -0.158. The average molecular weight is 332 g/mol. The molecule has 3 heteroatoms. The fourth-order valence-corrected chi connectivity index (χ4v) is 4.38. The van der Waals surface area contributed by atoms with E-state index in [1.165, 1.54) is 7.11 Å². The monoisotopic (exact) mass is 332 g/mol. The molecule has 0 bridgehead atoms. The second-order valence-corrected chi connectivity index (χ2v) is 8.10. The van der Waals surface area contributed by atoms with Crippen LogP contribution in [0.4, 0.5) is 4.39 Å². The average Bonchev–Trinajstić information content (AvgIpc) is 2.50. The van der Waals surface area contributed by atoms with Gasteiger partial charge >= 0.3 is 5.97 Å². The second kappa shape index (κ2) is 6.34. The van der Waals surface area contributed by atoms with Crippen molar-refractivity contribution >= 4 is 5.97 Å². The fourth-order valence-electron chi connectivity index (χ4n) is 4.38. The van der Waals surface area contributed by atoms with E-state index < -0.39 is 28.8 Å². The zero-order valence-corrected chi connectivity index (χ0v) is 15.8. The molecule has 0 saturated heterocycles. The van der Waals surface area contributed by atoms with Gasteiger partial charge in [-0.3, -0.25) is 4.79 Å². The molecule has 0 aliphatic heterocycles. The van der Waals surface area contributed by atoms with Crippen LogP contribution in [0.2, 0.25) is 0 Å². The Balaban J connectivity index is 2.74. The number of ether oxygens (including phenoxy) is 1. The van der Waals surface area contributed by atoms with Gasteiger partial charge in [0.05, 0.1) is 13.0 Å². The third kappa shape index (κ3) is 2.68. The summed E-state index contributed by atoms with van der Waals surface area (Å²) in [6, 6.07) is 9.51. The standard InChI is InChI=1S/C21H29FO2/c1-13(2)16-18(22)15(14-11-9-8-10-12-14)17(19(23)24-7)21(5,6)20(16,3)4/h8-12,15,17-18H,1-7H3. The summed E-state index contributed by atoms with van der Waals surface area (Å²) in [5, 5.41) is 0. The molecule has 132 valence electrons. The van der Waals surface area contributed by atoms with Crippen molar-refractivity contribution in [3.8, 4) is 0 Å². The highest BCUT2D eigenvalue weighted by atomic mass is 19.1. The molecule has 0 amide bonds. The van der Waals surface area contributed by atoms with E-state index in [1.54, 1.807) is 0 Å². The minimum absolute atomic E-state index is 0.336. The first-order chi connectivity index (χ1) is 11.1. The molecule has 0 heterocycles. The van der Waals surface area contributed by atoms with Gasteiger partial charge < -0.3 is 4.74 Å². The summed E-state index contributed by atoms with van der Waals surface area (Å²) in [7, 11) is 1.39. The van der Waals surface area contributed by atoms with E-state index in [9.17, 15) is 4.79 Å². The highest BCUT2D eigenvalue weighted by molar-refractivity contribution is 5.76. The molecular weight excluding hydrogens is 303 g/mol. The number of carbonyl (C=O) groups is 1. The Labute approximate surface area is 145 Å². The fraction of sp³-hybridized carbons (Fsp3) is 0.571. The van der Waals surface area contributed by atoms with Crippen molar-refractivity contribution < 1.29 is 13.9 Å². The predicted molar refractivity (Wildman–Crippen MR) is 95.5 cm³/mol. The lowest BCUT2D eigenvalue weighted by Gasteiger charge is -2.56. The number of hydrogen-bond acceptors (Lipinski definition) is 2. The maximum Gasteiger partial charge on any atom is 0.309 e. The van der Waals surface area contributed by atoms with Crippen LogP contribution in [-0.2, 0) is 9.53 Å². The summed E-state index contributed by atoms with van der Waals surface area (Å²) < 4.78 is 20.9. The van der Waals surface area contributed by atoms with Crippen molar-refractivity contribution in [2.75, 3.05) is 7.11 Å². The van der Waals surface area contributed by atoms with Gasteiger partial charge in [-0.05, 0) is 35.8 Å². The molecule has 0 aromatic heterocycles. The number of esters is 1. The molecule has 3 unspecified atom stereocenters. The molecule has 1 saturated carbocycles. The van der Waals surface area contributed by atoms with Crippen LogP contribution in [0.15, 0.2) is 41.5 Å². The summed E-state index contributed by atoms with van der Waals surface area (Å²) in [6.45, 7) is 12.1. The van der Waals surface area contributed by atoms with Gasteiger partial charge in [0, 0.05) is 5.92 Å². The summed E-state index contributed by atoms with van der Waals surface area (Å²) in [6.07, 6.45) is -1.20. The number of halogens is 1. The van der Waals surface area contributed by atoms with E-state index >= 15 is 4.39 Å². The van der Waals surface area contributed by atoms with Crippen LogP contribution in [0, 0.1) is 16.7 Å². The van der Waals surface area contributed by atoms with Crippen molar-refractivity contribution in [1.29, 1.82) is 0 Å². The SMILES string of the molecule is COC(=O)C1C(c2ccccc2)C(F)C(=C(C)C)C(C)(C)C1(C)C. The minimum Gasteiger partial charge on any atom is -0.469 e. The van der Waals surface area contributed by atoms with Crippen LogP contribution < -0.4 is 0 Å². The number of allylic oxidation sites excluding steroid dienone is 2. The Bertz CT molecular complexity index is 639. The molecule has 1 aliphatic carbocycles. The number of hydrogen-bond donors (Lipinski definition) is 0. The van der Waals surface area contributed by atoms with Crippen molar-refractivity contribution in [2.24, 2.45) is 16.7 Å². The third-order valence-corrected chi connectivity index (χ3v) is 6.19. The number of rotatable bonds is 2. The third-order valence-electron chi connectivity index (χ3n) is 6.19. The maximum atomic E-state index is 15.8. The largest absolute Gasteiger partial charge is 0.469 e. The Kier molecular flexibility index (Phi) is 4.94. The molecule has 1 fully saturated rings. The van der Waals surface area contributed by atoms with E-state index in [1.807, 2.05) is 58.0 Å². The lowest BCUT2D eigenvalue weighted by atomic mass is 9.48. The van der Waals surface area contributed by atoms with Gasteiger partial charge in [-0.1, -0.05) is 63.6 Å². The second-order valence-electron chi connectivity index (χ2n) is 8.10. The van der Waals surface area contributed by atoms with Crippen LogP contribution in [0.3, 0.4) is 0 Å². The Morgan fingerprint density at radius 2 is 1.62 bits per heavy atom. The van der Waals surface area contributed by atoms with Gasteiger partial charge in [0.1, 0.15) is 6.17 Å². The zero-order chi connectivity index (χ0) is 18.3. The summed E-state index contributed by atoms with van der Waals surface area (Å²) in [5.41, 5.74) is 1.75. The zero-order valence-electron chi connectivity index (χ0n) is 15.8. The molecule has 0 radical (unpaired) electrons. The van der Waals surface area contributed by atoms with Gasteiger partial charge in [0.2, 0.25) is 0 Å². The van der Waals surface area contributed by atoms with Gasteiger partial charge in [0.15, 0.2) is 0 Å². The number of alkyl halides is 1. The molecule has 1 aliphatic rings. The number of carbonyl (C=O) groups excluding carboxylic acids is 1. The predicted octanol–water partition coefficient (Wildman–Crippen LogP) is 5.30. The normalized spacial score (nSPS) is 28.3. The van der Waals surface area contributed by atoms with Gasteiger partial charge in [-0.2, -0.15) is 0 Å². The Hall–Kier alpha value is -1.64. The summed E-state index contributed by atoms with van der Waals surface area (Å²) >= 11 is 0. The first-order valence-corrected chi connectivity index (χ1v) is 8.52. The first-order valence-electron chi connectivity index (χ1n) is 8.52. The van der Waals surface area contributed by atoms with Crippen molar-refractivity contribution in [3.63, 3.8) is 0 Å². The quantitative estimate of drug-likeness (QED) is 0.542. The van der Waals surface area contributed by atoms with Gasteiger partial charge in [0.25, 0.3) is 0 Å². The molecule has 24 heavy (non-hydrogen) atoms. The van der Waals surface area contributed by atoms with Crippen molar-refractivity contribution in [1.82, 2.24) is 0 Å². The van der Waals surface area contributed by atoms with Crippen LogP contribution in [0.25, 0.3) is 0 Å². The highest BCUT2D eigenvalue weighted by Crippen LogP contribution is 2.61. The minimum atomic E-state index is -1.20. The van der Waals surface area contributed by atoms with Gasteiger partial charge in [-0.15, -0.1) is 0 Å². The first kappa shape index (κ1) is 18.7. The van der Waals surface area contributed by atoms with Gasteiger partial charge in [-0.25, -0.2) is 4.39 Å². The van der Waals surface area contributed by atoms with E-state index in [4.69, 9.17) is 4.74 Å². The Morgan fingerprint density at radius 3 is 2.08 bits per heavy atom. The molecule has 3 atom stereocenters. The summed E-state index contributed by atoms with van der Waals surface area (Å²) in [4.78, 5) is 12.7. The van der Waals surface area contributed by atoms with E-state index in [2.05, 4.69) is 13.8 Å². The highest BCUT2D eigenvalue weighted by Gasteiger charge is 2.60. The molecule has 1 aromatic carbocycles. The Morgan fingerprint density at radius 1 is 1.08 bits per heavy atom. The van der Waals surface area contributed by atoms with Crippen LogP contribution in [-0.4, -0.2) is 19.3 Å².